The molecule has 0 aliphatic carbocycles. The number of aryl methyl sites for hydroxylation is 1. The Kier molecular flexibility index (Phi) is 2.86. The number of nitrogens with zero attached hydrogens (tertiary/aromatic N) is 2. The zero-order valence-corrected chi connectivity index (χ0v) is 9.83. The van der Waals surface area contributed by atoms with Crippen molar-refractivity contribution in [2.45, 2.75) is 12.3 Å². The molecule has 2 rings (SSSR count). The SMILES string of the molecule is Cc1nn(-c2ccc(F)cc2)cc1CBr. The first-order valence-corrected chi connectivity index (χ1v) is 5.70. The first-order valence-electron chi connectivity index (χ1n) is 4.58. The summed E-state index contributed by atoms with van der Waals surface area (Å²) >= 11 is 3.39. The molecule has 1 aromatic heterocycles. The minimum absolute atomic E-state index is 0.233. The molecule has 2 nitrogen and oxygen atoms in total. The van der Waals surface area contributed by atoms with Crippen molar-refractivity contribution in [2.75, 3.05) is 0 Å². The fourth-order valence-corrected chi connectivity index (χ4v) is 1.90. The van der Waals surface area contributed by atoms with Gasteiger partial charge in [-0.05, 0) is 31.2 Å². The van der Waals surface area contributed by atoms with Crippen LogP contribution in [-0.2, 0) is 5.33 Å². The van der Waals surface area contributed by atoms with Crippen LogP contribution in [0, 0.1) is 12.7 Å². The maximum absolute atomic E-state index is 12.7. The summed E-state index contributed by atoms with van der Waals surface area (Å²) < 4.78 is 14.5. The topological polar surface area (TPSA) is 17.8 Å². The number of hydrogen-bond acceptors (Lipinski definition) is 1. The van der Waals surface area contributed by atoms with Crippen molar-refractivity contribution in [2.24, 2.45) is 0 Å². The summed E-state index contributed by atoms with van der Waals surface area (Å²) in [4.78, 5) is 0. The molecule has 0 atom stereocenters. The van der Waals surface area contributed by atoms with Gasteiger partial charge in [0.05, 0.1) is 11.4 Å². The summed E-state index contributed by atoms with van der Waals surface area (Å²) in [6, 6.07) is 6.28. The molecule has 0 spiro atoms. The number of halogens is 2. The van der Waals surface area contributed by atoms with Gasteiger partial charge in [0.1, 0.15) is 5.82 Å². The lowest BCUT2D eigenvalue weighted by Crippen LogP contribution is -1.94. The van der Waals surface area contributed by atoms with E-state index in [1.807, 2.05) is 13.1 Å². The van der Waals surface area contributed by atoms with Gasteiger partial charge in [-0.25, -0.2) is 9.07 Å². The summed E-state index contributed by atoms with van der Waals surface area (Å²) in [6.07, 6.45) is 1.94. The Balaban J connectivity index is 2.41. The number of rotatable bonds is 2. The Hall–Kier alpha value is -1.16. The molecule has 0 aliphatic heterocycles. The van der Waals surface area contributed by atoms with E-state index in [1.54, 1.807) is 16.8 Å². The molecule has 4 heteroatoms. The van der Waals surface area contributed by atoms with E-state index in [4.69, 9.17) is 0 Å². The first kappa shape index (κ1) is 10.4. The van der Waals surface area contributed by atoms with E-state index < -0.39 is 0 Å². The molecule has 0 amide bonds. The minimum atomic E-state index is -0.233. The van der Waals surface area contributed by atoms with E-state index in [9.17, 15) is 4.39 Å². The predicted octanol–water partition coefficient (Wildman–Crippen LogP) is 3.21. The normalized spacial score (nSPS) is 10.6. The van der Waals surface area contributed by atoms with Crippen LogP contribution in [0.3, 0.4) is 0 Å². The molecule has 1 heterocycles. The van der Waals surface area contributed by atoms with Gasteiger partial charge < -0.3 is 0 Å². The minimum Gasteiger partial charge on any atom is -0.240 e. The molecular weight excluding hydrogens is 259 g/mol. The third-order valence-electron chi connectivity index (χ3n) is 2.24. The fraction of sp³-hybridized carbons (Fsp3) is 0.182. The monoisotopic (exact) mass is 268 g/mol. The van der Waals surface area contributed by atoms with Crippen LogP contribution in [0.5, 0.6) is 0 Å². The third-order valence-corrected chi connectivity index (χ3v) is 2.84. The Morgan fingerprint density at radius 1 is 1.33 bits per heavy atom. The highest BCUT2D eigenvalue weighted by Gasteiger charge is 2.04. The smallest absolute Gasteiger partial charge is 0.123 e. The van der Waals surface area contributed by atoms with Gasteiger partial charge in [-0.1, -0.05) is 15.9 Å². The van der Waals surface area contributed by atoms with Gasteiger partial charge in [0.15, 0.2) is 0 Å². The third kappa shape index (κ3) is 2.09. The highest BCUT2D eigenvalue weighted by atomic mass is 79.9. The maximum atomic E-state index is 12.7. The molecule has 0 saturated heterocycles. The molecule has 0 radical (unpaired) electrons. The van der Waals surface area contributed by atoms with Crippen LogP contribution in [0.15, 0.2) is 30.5 Å². The van der Waals surface area contributed by atoms with Crippen molar-refractivity contribution >= 4 is 15.9 Å². The average molecular weight is 269 g/mol. The fourth-order valence-electron chi connectivity index (χ4n) is 1.35. The van der Waals surface area contributed by atoms with Crippen LogP contribution in [-0.4, -0.2) is 9.78 Å². The van der Waals surface area contributed by atoms with Crippen molar-refractivity contribution in [3.8, 4) is 5.69 Å². The summed E-state index contributed by atoms with van der Waals surface area (Å²) in [5.74, 6) is -0.233. The Labute approximate surface area is 95.9 Å². The van der Waals surface area contributed by atoms with E-state index in [-0.39, 0.29) is 5.82 Å². The Bertz CT molecular complexity index is 462. The Morgan fingerprint density at radius 2 is 2.00 bits per heavy atom. The largest absolute Gasteiger partial charge is 0.240 e. The first-order chi connectivity index (χ1) is 7.20. The molecule has 0 fully saturated rings. The molecule has 0 N–H and O–H groups in total. The highest BCUT2D eigenvalue weighted by molar-refractivity contribution is 9.08. The van der Waals surface area contributed by atoms with Gasteiger partial charge in [0.2, 0.25) is 0 Å². The number of alkyl halides is 1. The van der Waals surface area contributed by atoms with Gasteiger partial charge >= 0.3 is 0 Å². The summed E-state index contributed by atoms with van der Waals surface area (Å²) in [5, 5.41) is 5.12. The van der Waals surface area contributed by atoms with Crippen molar-refractivity contribution in [3.05, 3.63) is 47.5 Å². The number of hydrogen-bond donors (Lipinski definition) is 0. The van der Waals surface area contributed by atoms with E-state index in [0.29, 0.717) is 0 Å². The zero-order valence-electron chi connectivity index (χ0n) is 8.24. The van der Waals surface area contributed by atoms with Gasteiger partial charge in [-0.3, -0.25) is 0 Å². The molecule has 15 heavy (non-hydrogen) atoms. The van der Waals surface area contributed by atoms with Crippen LogP contribution in [0.2, 0.25) is 0 Å². The van der Waals surface area contributed by atoms with Crippen molar-refractivity contribution < 1.29 is 4.39 Å². The van der Waals surface area contributed by atoms with Crippen molar-refractivity contribution in [3.63, 3.8) is 0 Å². The number of aromatic nitrogens is 2. The maximum Gasteiger partial charge on any atom is 0.123 e. The van der Waals surface area contributed by atoms with Crippen molar-refractivity contribution in [1.29, 1.82) is 0 Å². The quantitative estimate of drug-likeness (QED) is 0.765. The lowest BCUT2D eigenvalue weighted by molar-refractivity contribution is 0.627. The van der Waals surface area contributed by atoms with Crippen LogP contribution in [0.4, 0.5) is 4.39 Å². The standard InChI is InChI=1S/C11H10BrFN2/c1-8-9(6-12)7-15(14-8)11-4-2-10(13)3-5-11/h2-5,7H,6H2,1H3. The molecular formula is C11H10BrFN2. The molecule has 78 valence electrons. The van der Waals surface area contributed by atoms with Crippen LogP contribution in [0.25, 0.3) is 5.69 Å². The van der Waals surface area contributed by atoms with Gasteiger partial charge in [-0.15, -0.1) is 0 Å². The molecule has 0 unspecified atom stereocenters. The Morgan fingerprint density at radius 3 is 2.53 bits per heavy atom. The zero-order chi connectivity index (χ0) is 10.8. The van der Waals surface area contributed by atoms with Crippen LogP contribution >= 0.6 is 15.9 Å². The summed E-state index contributed by atoms with van der Waals surface area (Å²) in [7, 11) is 0. The van der Waals surface area contributed by atoms with Gasteiger partial charge in [0.25, 0.3) is 0 Å². The van der Waals surface area contributed by atoms with Crippen molar-refractivity contribution in [1.82, 2.24) is 9.78 Å². The molecule has 2 aromatic rings. The predicted molar refractivity (Wildman–Crippen MR) is 60.9 cm³/mol. The molecule has 0 aliphatic rings. The average Bonchev–Trinajstić information content (AvgIpc) is 2.61. The second-order valence-electron chi connectivity index (χ2n) is 3.29. The second-order valence-corrected chi connectivity index (χ2v) is 3.86. The van der Waals surface area contributed by atoms with Crippen LogP contribution in [0.1, 0.15) is 11.3 Å². The van der Waals surface area contributed by atoms with E-state index in [2.05, 4.69) is 21.0 Å². The summed E-state index contributed by atoms with van der Waals surface area (Å²) in [5.41, 5.74) is 2.99. The second kappa shape index (κ2) is 4.14. The highest BCUT2D eigenvalue weighted by Crippen LogP contribution is 2.14. The molecule has 0 bridgehead atoms. The lowest BCUT2D eigenvalue weighted by atomic mass is 10.3. The van der Waals surface area contributed by atoms with E-state index in [0.717, 1.165) is 22.3 Å². The van der Waals surface area contributed by atoms with Gasteiger partial charge in [0, 0.05) is 17.1 Å². The van der Waals surface area contributed by atoms with E-state index >= 15 is 0 Å². The van der Waals surface area contributed by atoms with E-state index in [1.165, 1.54) is 12.1 Å². The summed E-state index contributed by atoms with van der Waals surface area (Å²) in [6.45, 7) is 1.95. The van der Waals surface area contributed by atoms with Crippen LogP contribution < -0.4 is 0 Å². The number of benzene rings is 1. The van der Waals surface area contributed by atoms with Gasteiger partial charge in [-0.2, -0.15) is 5.10 Å². The molecule has 0 saturated carbocycles. The molecule has 1 aromatic carbocycles. The lowest BCUT2D eigenvalue weighted by Gasteiger charge is -1.99.